The fourth-order valence-corrected chi connectivity index (χ4v) is 3.07. The van der Waals surface area contributed by atoms with Crippen LogP contribution in [0.15, 0.2) is 89.9 Å². The third kappa shape index (κ3) is 3.80. The smallest absolute Gasteiger partial charge is 0.268 e. The largest absolute Gasteiger partial charge is 0.457 e. The number of hydrogen-bond donors (Lipinski definition) is 1. The zero-order chi connectivity index (χ0) is 19.3. The van der Waals surface area contributed by atoms with Crippen molar-refractivity contribution in [3.63, 3.8) is 0 Å². The van der Waals surface area contributed by atoms with Crippen molar-refractivity contribution in [2.45, 2.75) is 12.3 Å². The number of aliphatic imine (C=N–C) groups is 1. The Morgan fingerprint density at radius 1 is 0.857 bits per heavy atom. The van der Waals surface area contributed by atoms with E-state index in [1.165, 1.54) is 0 Å². The van der Waals surface area contributed by atoms with Crippen LogP contribution in [-0.2, 0) is 9.53 Å². The molecular formula is C23H20N2O3. The van der Waals surface area contributed by atoms with Crippen molar-refractivity contribution >= 4 is 11.6 Å². The molecule has 0 radical (unpaired) electrons. The molecule has 0 saturated heterocycles. The van der Waals surface area contributed by atoms with E-state index in [1.54, 1.807) is 7.05 Å². The predicted molar refractivity (Wildman–Crippen MR) is 107 cm³/mol. The van der Waals surface area contributed by atoms with Crippen LogP contribution in [0.3, 0.4) is 0 Å². The second-order valence-corrected chi connectivity index (χ2v) is 6.36. The Morgan fingerprint density at radius 3 is 2.11 bits per heavy atom. The van der Waals surface area contributed by atoms with Gasteiger partial charge < -0.3 is 14.8 Å². The van der Waals surface area contributed by atoms with Gasteiger partial charge >= 0.3 is 0 Å². The van der Waals surface area contributed by atoms with E-state index in [0.29, 0.717) is 11.5 Å². The van der Waals surface area contributed by atoms with Crippen molar-refractivity contribution in [3.05, 3.63) is 96.1 Å². The van der Waals surface area contributed by atoms with E-state index >= 15 is 0 Å². The Morgan fingerprint density at radius 2 is 1.46 bits per heavy atom. The molecule has 140 valence electrons. The number of carbonyl (C=O) groups excluding carboxylic acids is 1. The van der Waals surface area contributed by atoms with Crippen LogP contribution in [0, 0.1) is 0 Å². The van der Waals surface area contributed by atoms with E-state index in [1.807, 2.05) is 84.9 Å². The summed E-state index contributed by atoms with van der Waals surface area (Å²) < 4.78 is 12.0. The van der Waals surface area contributed by atoms with Crippen molar-refractivity contribution in [1.82, 2.24) is 5.32 Å². The van der Waals surface area contributed by atoms with Crippen LogP contribution in [0.2, 0.25) is 0 Å². The van der Waals surface area contributed by atoms with Gasteiger partial charge in [-0.25, -0.2) is 4.99 Å². The molecule has 1 N–H and O–H groups in total. The van der Waals surface area contributed by atoms with Crippen LogP contribution in [0.5, 0.6) is 11.5 Å². The molecule has 5 nitrogen and oxygen atoms in total. The lowest BCUT2D eigenvalue weighted by Crippen LogP contribution is -2.30. The summed E-state index contributed by atoms with van der Waals surface area (Å²) in [5.41, 5.74) is 2.13. The average molecular weight is 372 g/mol. The quantitative estimate of drug-likeness (QED) is 0.720. The minimum atomic E-state index is -0.532. The van der Waals surface area contributed by atoms with Gasteiger partial charge in [-0.2, -0.15) is 0 Å². The van der Waals surface area contributed by atoms with E-state index in [4.69, 9.17) is 9.47 Å². The molecule has 3 aromatic rings. The van der Waals surface area contributed by atoms with Gasteiger partial charge in [-0.05, 0) is 29.8 Å². The summed E-state index contributed by atoms with van der Waals surface area (Å²) in [5, 5.41) is 2.65. The average Bonchev–Trinajstić information content (AvgIpc) is 3.21. The second-order valence-electron chi connectivity index (χ2n) is 6.36. The molecule has 2 atom stereocenters. The molecule has 1 amide bonds. The molecule has 3 aromatic carbocycles. The van der Waals surface area contributed by atoms with E-state index in [9.17, 15) is 4.79 Å². The fraction of sp³-hybridized carbons (Fsp3) is 0.130. The van der Waals surface area contributed by atoms with Crippen molar-refractivity contribution < 1.29 is 14.3 Å². The number of para-hydroxylation sites is 1. The fourth-order valence-electron chi connectivity index (χ4n) is 3.07. The number of carbonyl (C=O) groups is 1. The highest BCUT2D eigenvalue weighted by molar-refractivity contribution is 6.40. The Kier molecular flexibility index (Phi) is 5.17. The van der Waals surface area contributed by atoms with Crippen LogP contribution in [0.25, 0.3) is 0 Å². The highest BCUT2D eigenvalue weighted by Gasteiger charge is 2.34. The number of nitrogens with zero attached hydrogens (tertiary/aromatic N) is 1. The Hall–Kier alpha value is -3.44. The zero-order valence-electron chi connectivity index (χ0n) is 15.4. The first-order valence-corrected chi connectivity index (χ1v) is 9.07. The topological polar surface area (TPSA) is 59.9 Å². The summed E-state index contributed by atoms with van der Waals surface area (Å²) in [7, 11) is 1.59. The van der Waals surface area contributed by atoms with Crippen LogP contribution in [0.4, 0.5) is 0 Å². The highest BCUT2D eigenvalue weighted by Crippen LogP contribution is 2.36. The van der Waals surface area contributed by atoms with Gasteiger partial charge in [-0.15, -0.1) is 0 Å². The second kappa shape index (κ2) is 8.06. The van der Waals surface area contributed by atoms with E-state index in [0.717, 1.165) is 16.9 Å². The lowest BCUT2D eigenvalue weighted by molar-refractivity contribution is -0.114. The third-order valence-corrected chi connectivity index (χ3v) is 4.48. The molecule has 0 spiro atoms. The summed E-state index contributed by atoms with van der Waals surface area (Å²) in [6.07, 6.45) is -1.03. The maximum absolute atomic E-state index is 12.3. The summed E-state index contributed by atoms with van der Waals surface area (Å²) in [6, 6.07) is 26.8. The van der Waals surface area contributed by atoms with Gasteiger partial charge in [0.1, 0.15) is 23.3 Å². The summed E-state index contributed by atoms with van der Waals surface area (Å²) in [6.45, 7) is 0. The molecule has 28 heavy (non-hydrogen) atoms. The first-order valence-electron chi connectivity index (χ1n) is 9.07. The molecule has 4 rings (SSSR count). The van der Waals surface area contributed by atoms with Gasteiger partial charge in [0.2, 0.25) is 0 Å². The lowest BCUT2D eigenvalue weighted by Gasteiger charge is -2.15. The van der Waals surface area contributed by atoms with E-state index < -0.39 is 12.3 Å². The zero-order valence-corrected chi connectivity index (χ0v) is 15.4. The van der Waals surface area contributed by atoms with Gasteiger partial charge in [-0.1, -0.05) is 60.7 Å². The first kappa shape index (κ1) is 17.9. The SMILES string of the molecule is CNC(=O)C1=N[C@@H](c2ccccc2)O[C@H]1c1ccc(Oc2ccccc2)cc1. The molecule has 0 fully saturated rings. The molecular weight excluding hydrogens is 352 g/mol. The Balaban J connectivity index is 1.57. The van der Waals surface area contributed by atoms with Crippen molar-refractivity contribution in [2.24, 2.45) is 4.99 Å². The number of hydrogen-bond acceptors (Lipinski definition) is 4. The maximum atomic E-state index is 12.3. The van der Waals surface area contributed by atoms with Crippen LogP contribution in [0.1, 0.15) is 23.5 Å². The Labute approximate surface area is 163 Å². The molecule has 0 aliphatic carbocycles. The highest BCUT2D eigenvalue weighted by atomic mass is 16.5. The summed E-state index contributed by atoms with van der Waals surface area (Å²) >= 11 is 0. The minimum Gasteiger partial charge on any atom is -0.457 e. The van der Waals surface area contributed by atoms with Crippen LogP contribution in [-0.4, -0.2) is 18.7 Å². The molecule has 1 aliphatic heterocycles. The van der Waals surface area contributed by atoms with E-state index in [2.05, 4.69) is 10.3 Å². The minimum absolute atomic E-state index is 0.243. The molecule has 0 aromatic heterocycles. The molecule has 5 heteroatoms. The monoisotopic (exact) mass is 372 g/mol. The number of nitrogens with one attached hydrogen (secondary N) is 1. The first-order chi connectivity index (χ1) is 13.7. The molecule has 0 bridgehead atoms. The van der Waals surface area contributed by atoms with Crippen molar-refractivity contribution in [2.75, 3.05) is 7.05 Å². The predicted octanol–water partition coefficient (Wildman–Crippen LogP) is 4.44. The van der Waals surface area contributed by atoms with Gasteiger partial charge in [-0.3, -0.25) is 4.79 Å². The third-order valence-electron chi connectivity index (χ3n) is 4.48. The lowest BCUT2D eigenvalue weighted by atomic mass is 10.0. The van der Waals surface area contributed by atoms with Gasteiger partial charge in [0.25, 0.3) is 5.91 Å². The van der Waals surface area contributed by atoms with Crippen molar-refractivity contribution in [1.29, 1.82) is 0 Å². The molecule has 1 aliphatic rings. The number of benzene rings is 3. The number of amides is 1. The summed E-state index contributed by atoms with van der Waals surface area (Å²) in [4.78, 5) is 16.9. The standard InChI is InChI=1S/C23H20N2O3/c1-24-22(26)20-21(28-23(25-20)17-8-4-2-5-9-17)16-12-14-19(15-13-16)27-18-10-6-3-7-11-18/h2-15,21,23H,1H3,(H,24,26)/t21-,23+/m0/s1. The van der Waals surface area contributed by atoms with Crippen molar-refractivity contribution in [3.8, 4) is 11.5 Å². The summed E-state index contributed by atoms with van der Waals surface area (Å²) in [5.74, 6) is 1.24. The number of rotatable bonds is 5. The van der Waals surface area contributed by atoms with E-state index in [-0.39, 0.29) is 5.91 Å². The van der Waals surface area contributed by atoms with Crippen LogP contribution >= 0.6 is 0 Å². The molecule has 0 unspecified atom stereocenters. The van der Waals surface area contributed by atoms with Gasteiger partial charge in [0, 0.05) is 12.6 Å². The maximum Gasteiger partial charge on any atom is 0.268 e. The number of ether oxygens (including phenoxy) is 2. The van der Waals surface area contributed by atoms with Crippen LogP contribution < -0.4 is 10.1 Å². The van der Waals surface area contributed by atoms with Gasteiger partial charge in [0.15, 0.2) is 6.23 Å². The van der Waals surface area contributed by atoms with Gasteiger partial charge in [0.05, 0.1) is 0 Å². The normalized spacial score (nSPS) is 18.4. The molecule has 1 heterocycles. The Bertz CT molecular complexity index is 970. The molecule has 0 saturated carbocycles.